The van der Waals surface area contributed by atoms with Gasteiger partial charge in [-0.15, -0.1) is 0 Å². The van der Waals surface area contributed by atoms with E-state index in [1.54, 1.807) is 7.11 Å². The van der Waals surface area contributed by atoms with Crippen LogP contribution in [0.3, 0.4) is 0 Å². The van der Waals surface area contributed by atoms with Crippen LogP contribution in [-0.4, -0.2) is 50.3 Å². The average molecular weight is 305 g/mol. The summed E-state index contributed by atoms with van der Waals surface area (Å²) in [6, 6.07) is 7.69. The molecule has 3 rings (SSSR count). The van der Waals surface area contributed by atoms with E-state index in [0.717, 1.165) is 43.9 Å². The number of carbonyl (C=O) groups excluding carboxylic acids is 1. The molecule has 5 heteroatoms. The van der Waals surface area contributed by atoms with Crippen molar-refractivity contribution in [2.45, 2.75) is 25.4 Å². The van der Waals surface area contributed by atoms with Crippen LogP contribution in [0.15, 0.2) is 24.3 Å². The van der Waals surface area contributed by atoms with Gasteiger partial charge in [0.2, 0.25) is 5.91 Å². The molecule has 1 atom stereocenters. The number of piperidine rings is 1. The molecule has 0 bridgehead atoms. The van der Waals surface area contributed by atoms with Gasteiger partial charge < -0.3 is 19.1 Å². The lowest BCUT2D eigenvalue weighted by Gasteiger charge is -2.33. The molecule has 120 valence electrons. The van der Waals surface area contributed by atoms with Crippen LogP contribution >= 0.6 is 0 Å². The molecule has 2 fully saturated rings. The van der Waals surface area contributed by atoms with Crippen LogP contribution in [0.25, 0.3) is 0 Å². The van der Waals surface area contributed by atoms with Crippen molar-refractivity contribution in [1.29, 1.82) is 0 Å². The van der Waals surface area contributed by atoms with Crippen LogP contribution in [0.2, 0.25) is 0 Å². The third-order valence-electron chi connectivity index (χ3n) is 4.40. The zero-order chi connectivity index (χ0) is 15.4. The van der Waals surface area contributed by atoms with Gasteiger partial charge in [0.25, 0.3) is 0 Å². The average Bonchev–Trinajstić information content (AvgIpc) is 3.10. The third kappa shape index (κ3) is 3.35. The topological polar surface area (TPSA) is 48.0 Å². The van der Waals surface area contributed by atoms with Crippen molar-refractivity contribution in [2.24, 2.45) is 5.92 Å². The number of ether oxygens (including phenoxy) is 3. The van der Waals surface area contributed by atoms with E-state index in [-0.39, 0.29) is 17.9 Å². The lowest BCUT2D eigenvalue weighted by atomic mass is 10.0. The third-order valence-corrected chi connectivity index (χ3v) is 4.40. The Morgan fingerprint density at radius 2 is 1.91 bits per heavy atom. The molecule has 22 heavy (non-hydrogen) atoms. The Bertz CT molecular complexity index is 505. The summed E-state index contributed by atoms with van der Waals surface area (Å²) in [6.45, 7) is 2.81. The van der Waals surface area contributed by atoms with Crippen LogP contribution in [0.4, 0.5) is 0 Å². The number of benzene rings is 1. The second-order valence-electron chi connectivity index (χ2n) is 5.85. The van der Waals surface area contributed by atoms with E-state index in [0.29, 0.717) is 13.2 Å². The number of methoxy groups -OCH3 is 1. The smallest absolute Gasteiger partial charge is 0.228 e. The quantitative estimate of drug-likeness (QED) is 0.855. The molecule has 0 aromatic heterocycles. The Balaban J connectivity index is 1.52. The number of nitrogens with zero attached hydrogens (tertiary/aromatic N) is 1. The van der Waals surface area contributed by atoms with E-state index in [2.05, 4.69) is 0 Å². The van der Waals surface area contributed by atoms with Crippen LogP contribution in [-0.2, 0) is 9.53 Å². The van der Waals surface area contributed by atoms with E-state index in [9.17, 15) is 4.79 Å². The predicted octanol–water partition coefficient (Wildman–Crippen LogP) is 2.10. The standard InChI is InChI=1S/C17H23NO4/c1-20-15-4-2-3-5-16(15)22-14-6-9-18(10-7-14)17(19)13-8-11-21-12-13/h2-5,13-14H,6-12H2,1H3/t13-/m1/s1. The minimum absolute atomic E-state index is 0.0617. The molecule has 2 saturated heterocycles. The lowest BCUT2D eigenvalue weighted by molar-refractivity contribution is -0.137. The van der Waals surface area contributed by atoms with Gasteiger partial charge in [0.15, 0.2) is 11.5 Å². The number of amides is 1. The lowest BCUT2D eigenvalue weighted by Crippen LogP contribution is -2.44. The fourth-order valence-corrected chi connectivity index (χ4v) is 3.08. The summed E-state index contributed by atoms with van der Waals surface area (Å²) in [5.74, 6) is 1.84. The SMILES string of the molecule is COc1ccccc1OC1CCN(C(=O)[C@@H]2CCOC2)CC1. The Morgan fingerprint density at radius 3 is 2.55 bits per heavy atom. The molecule has 0 N–H and O–H groups in total. The Hall–Kier alpha value is -1.75. The normalized spacial score (nSPS) is 22.6. The molecule has 2 aliphatic rings. The van der Waals surface area contributed by atoms with Gasteiger partial charge >= 0.3 is 0 Å². The first-order valence-corrected chi connectivity index (χ1v) is 7.94. The van der Waals surface area contributed by atoms with Gasteiger partial charge in [-0.05, 0) is 18.6 Å². The fraction of sp³-hybridized carbons (Fsp3) is 0.588. The molecule has 0 spiro atoms. The van der Waals surface area contributed by atoms with Gasteiger partial charge in [0.05, 0.1) is 19.6 Å². The molecule has 0 saturated carbocycles. The van der Waals surface area contributed by atoms with E-state index in [1.165, 1.54) is 0 Å². The molecular weight excluding hydrogens is 282 g/mol. The maximum atomic E-state index is 12.4. The highest BCUT2D eigenvalue weighted by atomic mass is 16.5. The summed E-state index contributed by atoms with van der Waals surface area (Å²) in [5, 5.41) is 0. The first kappa shape index (κ1) is 15.2. The molecule has 0 aliphatic carbocycles. The summed E-state index contributed by atoms with van der Waals surface area (Å²) in [7, 11) is 1.65. The monoisotopic (exact) mass is 305 g/mol. The van der Waals surface area contributed by atoms with Crippen molar-refractivity contribution in [2.75, 3.05) is 33.4 Å². The molecule has 1 amide bonds. The van der Waals surface area contributed by atoms with Crippen molar-refractivity contribution in [1.82, 2.24) is 4.90 Å². The highest BCUT2D eigenvalue weighted by Crippen LogP contribution is 2.29. The first-order chi connectivity index (χ1) is 10.8. The molecule has 1 aromatic carbocycles. The van der Waals surface area contributed by atoms with E-state index < -0.39 is 0 Å². The van der Waals surface area contributed by atoms with Crippen molar-refractivity contribution in [3.63, 3.8) is 0 Å². The van der Waals surface area contributed by atoms with Gasteiger partial charge in [-0.2, -0.15) is 0 Å². The molecule has 0 radical (unpaired) electrons. The van der Waals surface area contributed by atoms with Gasteiger partial charge in [-0.25, -0.2) is 0 Å². The largest absolute Gasteiger partial charge is 0.493 e. The Kier molecular flexibility index (Phi) is 4.83. The van der Waals surface area contributed by atoms with E-state index in [4.69, 9.17) is 14.2 Å². The maximum absolute atomic E-state index is 12.4. The fourth-order valence-electron chi connectivity index (χ4n) is 3.08. The van der Waals surface area contributed by atoms with Crippen LogP contribution in [0.5, 0.6) is 11.5 Å². The molecule has 2 aliphatic heterocycles. The molecular formula is C17H23NO4. The molecule has 2 heterocycles. The number of likely N-dealkylation sites (tertiary alicyclic amines) is 1. The Morgan fingerprint density at radius 1 is 1.18 bits per heavy atom. The second kappa shape index (κ2) is 7.01. The summed E-state index contributed by atoms with van der Waals surface area (Å²) in [5.41, 5.74) is 0. The van der Waals surface area contributed by atoms with Gasteiger partial charge in [0, 0.05) is 32.5 Å². The summed E-state index contributed by atoms with van der Waals surface area (Å²) in [4.78, 5) is 14.3. The predicted molar refractivity (Wildman–Crippen MR) is 82.2 cm³/mol. The van der Waals surface area contributed by atoms with Gasteiger partial charge in [-0.1, -0.05) is 12.1 Å². The molecule has 0 unspecified atom stereocenters. The van der Waals surface area contributed by atoms with Crippen molar-refractivity contribution >= 4 is 5.91 Å². The van der Waals surface area contributed by atoms with Crippen LogP contribution in [0.1, 0.15) is 19.3 Å². The number of para-hydroxylation sites is 2. The van der Waals surface area contributed by atoms with Crippen molar-refractivity contribution in [3.8, 4) is 11.5 Å². The zero-order valence-corrected chi connectivity index (χ0v) is 13.0. The molecule has 5 nitrogen and oxygen atoms in total. The summed E-state index contributed by atoms with van der Waals surface area (Å²) >= 11 is 0. The van der Waals surface area contributed by atoms with E-state index >= 15 is 0 Å². The van der Waals surface area contributed by atoms with Crippen molar-refractivity contribution < 1.29 is 19.0 Å². The van der Waals surface area contributed by atoms with Gasteiger partial charge in [-0.3, -0.25) is 4.79 Å². The first-order valence-electron chi connectivity index (χ1n) is 7.94. The second-order valence-corrected chi connectivity index (χ2v) is 5.85. The summed E-state index contributed by atoms with van der Waals surface area (Å²) < 4.78 is 16.7. The highest BCUT2D eigenvalue weighted by Gasteiger charge is 2.31. The van der Waals surface area contributed by atoms with Crippen LogP contribution < -0.4 is 9.47 Å². The number of hydrogen-bond acceptors (Lipinski definition) is 4. The van der Waals surface area contributed by atoms with Crippen LogP contribution in [0, 0.1) is 5.92 Å². The maximum Gasteiger partial charge on any atom is 0.228 e. The minimum Gasteiger partial charge on any atom is -0.493 e. The number of carbonyl (C=O) groups is 1. The minimum atomic E-state index is 0.0617. The Labute approximate surface area is 131 Å². The zero-order valence-electron chi connectivity index (χ0n) is 13.0. The van der Waals surface area contributed by atoms with Gasteiger partial charge in [0.1, 0.15) is 6.10 Å². The molecule has 1 aromatic rings. The highest BCUT2D eigenvalue weighted by molar-refractivity contribution is 5.79. The number of rotatable bonds is 4. The van der Waals surface area contributed by atoms with E-state index in [1.807, 2.05) is 29.2 Å². The number of hydrogen-bond donors (Lipinski definition) is 0. The van der Waals surface area contributed by atoms with Crippen molar-refractivity contribution in [3.05, 3.63) is 24.3 Å². The summed E-state index contributed by atoms with van der Waals surface area (Å²) in [6.07, 6.45) is 2.71.